The molecule has 1 amide bonds. The summed E-state index contributed by atoms with van der Waals surface area (Å²) < 4.78 is 0. The van der Waals surface area contributed by atoms with E-state index in [1.165, 1.54) is 0 Å². The first-order chi connectivity index (χ1) is 9.52. The molecule has 1 aromatic carbocycles. The summed E-state index contributed by atoms with van der Waals surface area (Å²) in [6.07, 6.45) is -0.888. The third-order valence-corrected chi connectivity index (χ3v) is 4.54. The molecule has 0 bridgehead atoms. The third kappa shape index (κ3) is 3.26. The molecule has 0 spiro atoms. The van der Waals surface area contributed by atoms with Crippen molar-refractivity contribution in [2.45, 2.75) is 11.5 Å². The van der Waals surface area contributed by atoms with Crippen molar-refractivity contribution in [2.24, 2.45) is 0 Å². The molecule has 0 radical (unpaired) electrons. The van der Waals surface area contributed by atoms with Gasteiger partial charge in [-0.2, -0.15) is 0 Å². The number of aliphatic hydroxyl groups is 2. The van der Waals surface area contributed by atoms with Gasteiger partial charge in [0.15, 0.2) is 0 Å². The number of thioether (sulfide) groups is 1. The molecule has 0 aromatic heterocycles. The van der Waals surface area contributed by atoms with Crippen LogP contribution >= 0.6 is 11.8 Å². The molecular weight excluding hydrogens is 276 g/mol. The SMILES string of the molecule is CN(C)c1ccc(C2SCC(=O)N2CC(O)CO)cc1. The Morgan fingerprint density at radius 1 is 1.40 bits per heavy atom. The predicted octanol–water partition coefficient (Wildman–Crippen LogP) is 0.680. The lowest BCUT2D eigenvalue weighted by atomic mass is 10.1. The number of hydrogen-bond acceptors (Lipinski definition) is 5. The Balaban J connectivity index is 2.15. The molecule has 0 saturated carbocycles. The number of rotatable bonds is 5. The Morgan fingerprint density at radius 3 is 2.60 bits per heavy atom. The first-order valence-corrected chi connectivity index (χ1v) is 7.55. The number of β-amino-alcohol motifs (C(OH)–C–C–N with tert-alkyl or cyclic N) is 1. The number of hydrogen-bond donors (Lipinski definition) is 2. The maximum atomic E-state index is 11.9. The predicted molar refractivity (Wildman–Crippen MR) is 80.8 cm³/mol. The van der Waals surface area contributed by atoms with Crippen LogP contribution in [0, 0.1) is 0 Å². The number of carbonyl (C=O) groups excluding carboxylic acids is 1. The van der Waals surface area contributed by atoms with Crippen LogP contribution in [0.1, 0.15) is 10.9 Å². The molecule has 2 rings (SSSR count). The second kappa shape index (κ2) is 6.47. The molecule has 2 atom stereocenters. The summed E-state index contributed by atoms with van der Waals surface area (Å²) in [4.78, 5) is 15.5. The third-order valence-electron chi connectivity index (χ3n) is 3.28. The molecule has 2 N–H and O–H groups in total. The van der Waals surface area contributed by atoms with Gasteiger partial charge < -0.3 is 20.0 Å². The molecule has 5 nitrogen and oxygen atoms in total. The average molecular weight is 296 g/mol. The van der Waals surface area contributed by atoms with E-state index in [1.807, 2.05) is 43.3 Å². The number of benzene rings is 1. The summed E-state index contributed by atoms with van der Waals surface area (Å²) in [6, 6.07) is 8.03. The first kappa shape index (κ1) is 15.2. The Kier molecular flexibility index (Phi) is 4.91. The molecule has 20 heavy (non-hydrogen) atoms. The summed E-state index contributed by atoms with van der Waals surface area (Å²) in [5.41, 5.74) is 2.14. The molecule has 110 valence electrons. The van der Waals surface area contributed by atoms with E-state index in [4.69, 9.17) is 5.11 Å². The molecule has 6 heteroatoms. The van der Waals surface area contributed by atoms with E-state index >= 15 is 0 Å². The molecular formula is C14H20N2O3S. The van der Waals surface area contributed by atoms with Gasteiger partial charge in [0.1, 0.15) is 5.37 Å². The number of carbonyl (C=O) groups is 1. The van der Waals surface area contributed by atoms with Crippen molar-refractivity contribution < 1.29 is 15.0 Å². The summed E-state index contributed by atoms with van der Waals surface area (Å²) >= 11 is 1.55. The van der Waals surface area contributed by atoms with Gasteiger partial charge >= 0.3 is 0 Å². The summed E-state index contributed by atoms with van der Waals surface area (Å²) in [5, 5.41) is 18.4. The highest BCUT2D eigenvalue weighted by atomic mass is 32.2. The minimum absolute atomic E-state index is 0.00388. The van der Waals surface area contributed by atoms with Crippen molar-refractivity contribution >= 4 is 23.4 Å². The first-order valence-electron chi connectivity index (χ1n) is 6.50. The van der Waals surface area contributed by atoms with Gasteiger partial charge in [0, 0.05) is 19.8 Å². The highest BCUT2D eigenvalue weighted by molar-refractivity contribution is 8.00. The zero-order valence-electron chi connectivity index (χ0n) is 11.7. The number of aliphatic hydroxyl groups excluding tert-OH is 2. The standard InChI is InChI=1S/C14H20N2O3S/c1-15(2)11-5-3-10(4-6-11)14-16(7-12(18)8-17)13(19)9-20-14/h3-6,12,14,17-18H,7-9H2,1-2H3. The Hall–Kier alpha value is -1.24. The van der Waals surface area contributed by atoms with Crippen LogP contribution in [0.25, 0.3) is 0 Å². The molecule has 1 aliphatic rings. The van der Waals surface area contributed by atoms with E-state index in [0.29, 0.717) is 5.75 Å². The van der Waals surface area contributed by atoms with Gasteiger partial charge in [-0.25, -0.2) is 0 Å². The van der Waals surface area contributed by atoms with Crippen molar-refractivity contribution in [3.8, 4) is 0 Å². The van der Waals surface area contributed by atoms with E-state index < -0.39 is 6.10 Å². The van der Waals surface area contributed by atoms with Gasteiger partial charge in [-0.3, -0.25) is 4.79 Å². The largest absolute Gasteiger partial charge is 0.394 e. The van der Waals surface area contributed by atoms with Gasteiger partial charge in [0.2, 0.25) is 5.91 Å². The normalized spacial score (nSPS) is 20.3. The van der Waals surface area contributed by atoms with Gasteiger partial charge in [0.25, 0.3) is 0 Å². The molecule has 2 unspecified atom stereocenters. The molecule has 1 aromatic rings. The Labute approximate surface area is 123 Å². The second-order valence-electron chi connectivity index (χ2n) is 5.03. The minimum Gasteiger partial charge on any atom is -0.394 e. The summed E-state index contributed by atoms with van der Waals surface area (Å²) in [7, 11) is 3.96. The van der Waals surface area contributed by atoms with Gasteiger partial charge in [-0.15, -0.1) is 11.8 Å². The smallest absolute Gasteiger partial charge is 0.233 e. The van der Waals surface area contributed by atoms with E-state index in [-0.39, 0.29) is 24.4 Å². The highest BCUT2D eigenvalue weighted by Gasteiger charge is 2.33. The van der Waals surface area contributed by atoms with Crippen molar-refractivity contribution in [1.29, 1.82) is 0 Å². The molecule has 1 aliphatic heterocycles. The van der Waals surface area contributed by atoms with E-state index in [1.54, 1.807) is 16.7 Å². The molecule has 1 heterocycles. The quantitative estimate of drug-likeness (QED) is 0.836. The molecule has 0 aliphatic carbocycles. The van der Waals surface area contributed by atoms with Crippen LogP contribution in [0.4, 0.5) is 5.69 Å². The van der Waals surface area contributed by atoms with Crippen LogP contribution in [0.5, 0.6) is 0 Å². The van der Waals surface area contributed by atoms with E-state index in [0.717, 1.165) is 11.3 Å². The Bertz CT molecular complexity index is 464. The average Bonchev–Trinajstić information content (AvgIpc) is 2.80. The monoisotopic (exact) mass is 296 g/mol. The lowest BCUT2D eigenvalue weighted by Gasteiger charge is -2.26. The van der Waals surface area contributed by atoms with Crippen LogP contribution in [-0.4, -0.2) is 60.1 Å². The maximum Gasteiger partial charge on any atom is 0.233 e. The fourth-order valence-corrected chi connectivity index (χ4v) is 3.35. The lowest BCUT2D eigenvalue weighted by Crippen LogP contribution is -2.37. The van der Waals surface area contributed by atoms with E-state index in [9.17, 15) is 9.90 Å². The van der Waals surface area contributed by atoms with Gasteiger partial charge in [-0.1, -0.05) is 12.1 Å². The number of amides is 1. The second-order valence-corrected chi connectivity index (χ2v) is 6.10. The maximum absolute atomic E-state index is 11.9. The lowest BCUT2D eigenvalue weighted by molar-refractivity contribution is -0.129. The van der Waals surface area contributed by atoms with Crippen molar-refractivity contribution in [2.75, 3.05) is 37.9 Å². The fraction of sp³-hybridized carbons (Fsp3) is 0.500. The minimum atomic E-state index is -0.888. The topological polar surface area (TPSA) is 64.0 Å². The van der Waals surface area contributed by atoms with Crippen LogP contribution < -0.4 is 4.90 Å². The molecule has 1 fully saturated rings. The van der Waals surface area contributed by atoms with Crippen molar-refractivity contribution in [1.82, 2.24) is 4.90 Å². The molecule has 1 saturated heterocycles. The van der Waals surface area contributed by atoms with Crippen LogP contribution in [0.15, 0.2) is 24.3 Å². The van der Waals surface area contributed by atoms with Crippen LogP contribution in [-0.2, 0) is 4.79 Å². The van der Waals surface area contributed by atoms with Crippen molar-refractivity contribution in [3.63, 3.8) is 0 Å². The van der Waals surface area contributed by atoms with Crippen LogP contribution in [0.2, 0.25) is 0 Å². The zero-order valence-corrected chi connectivity index (χ0v) is 12.5. The summed E-state index contributed by atoms with van der Waals surface area (Å²) in [6.45, 7) is -0.164. The van der Waals surface area contributed by atoms with Crippen LogP contribution in [0.3, 0.4) is 0 Å². The van der Waals surface area contributed by atoms with E-state index in [2.05, 4.69) is 0 Å². The zero-order chi connectivity index (χ0) is 14.7. The highest BCUT2D eigenvalue weighted by Crippen LogP contribution is 2.38. The number of anilines is 1. The number of nitrogens with zero attached hydrogens (tertiary/aromatic N) is 2. The fourth-order valence-electron chi connectivity index (χ4n) is 2.15. The van der Waals surface area contributed by atoms with Crippen molar-refractivity contribution in [3.05, 3.63) is 29.8 Å². The Morgan fingerprint density at radius 2 is 2.05 bits per heavy atom. The van der Waals surface area contributed by atoms with Gasteiger partial charge in [-0.05, 0) is 17.7 Å². The summed E-state index contributed by atoms with van der Waals surface area (Å²) in [5.74, 6) is 0.419. The van der Waals surface area contributed by atoms with Gasteiger partial charge in [0.05, 0.1) is 25.0 Å².